The van der Waals surface area contributed by atoms with Gasteiger partial charge in [0.1, 0.15) is 0 Å². The van der Waals surface area contributed by atoms with E-state index in [1.165, 1.54) is 16.3 Å². The average molecular weight is 227 g/mol. The molecule has 2 nitrogen and oxygen atoms in total. The Bertz CT molecular complexity index is 524. The molecule has 2 heteroatoms. The van der Waals surface area contributed by atoms with Crippen LogP contribution in [0.15, 0.2) is 42.5 Å². The highest BCUT2D eigenvalue weighted by Gasteiger charge is 2.30. The monoisotopic (exact) mass is 227 g/mol. The van der Waals surface area contributed by atoms with Crippen LogP contribution in [0.2, 0.25) is 0 Å². The van der Waals surface area contributed by atoms with Crippen LogP contribution in [-0.2, 0) is 11.2 Å². The van der Waals surface area contributed by atoms with Gasteiger partial charge in [0.05, 0.1) is 6.61 Å². The summed E-state index contributed by atoms with van der Waals surface area (Å²) in [4.78, 5) is 0. The normalized spacial score (nSPS) is 24.3. The zero-order valence-electron chi connectivity index (χ0n) is 9.86. The van der Waals surface area contributed by atoms with Gasteiger partial charge in [0.2, 0.25) is 0 Å². The van der Waals surface area contributed by atoms with Gasteiger partial charge >= 0.3 is 0 Å². The van der Waals surface area contributed by atoms with E-state index in [0.29, 0.717) is 6.61 Å². The SMILES string of the molecule is NC1(Cc2cccc3ccccc23)CCOC1. The minimum Gasteiger partial charge on any atom is -0.379 e. The number of ether oxygens (including phenoxy) is 1. The van der Waals surface area contributed by atoms with Crippen LogP contribution >= 0.6 is 0 Å². The highest BCUT2D eigenvalue weighted by atomic mass is 16.5. The molecular weight excluding hydrogens is 210 g/mol. The number of hydrogen-bond acceptors (Lipinski definition) is 2. The number of fused-ring (bicyclic) bond motifs is 1. The second-order valence-corrected chi connectivity index (χ2v) is 4.98. The molecule has 17 heavy (non-hydrogen) atoms. The van der Waals surface area contributed by atoms with Crippen LogP contribution in [0.4, 0.5) is 0 Å². The van der Waals surface area contributed by atoms with Gasteiger partial charge in [-0.3, -0.25) is 0 Å². The lowest BCUT2D eigenvalue weighted by atomic mass is 9.89. The Morgan fingerprint density at radius 3 is 2.76 bits per heavy atom. The van der Waals surface area contributed by atoms with E-state index in [2.05, 4.69) is 42.5 Å². The van der Waals surface area contributed by atoms with Gasteiger partial charge in [0, 0.05) is 12.1 Å². The van der Waals surface area contributed by atoms with Crippen LogP contribution in [0, 0.1) is 0 Å². The van der Waals surface area contributed by atoms with E-state index in [1.54, 1.807) is 0 Å². The Morgan fingerprint density at radius 1 is 1.12 bits per heavy atom. The molecular formula is C15H17NO. The summed E-state index contributed by atoms with van der Waals surface area (Å²) in [5.74, 6) is 0. The molecule has 0 radical (unpaired) electrons. The molecule has 1 fully saturated rings. The quantitative estimate of drug-likeness (QED) is 0.855. The Balaban J connectivity index is 2.00. The van der Waals surface area contributed by atoms with E-state index >= 15 is 0 Å². The van der Waals surface area contributed by atoms with Gasteiger partial charge in [-0.2, -0.15) is 0 Å². The molecule has 0 saturated carbocycles. The molecule has 1 aliphatic heterocycles. The second kappa shape index (κ2) is 4.13. The first kappa shape index (κ1) is 10.8. The third-order valence-corrected chi connectivity index (χ3v) is 3.56. The Hall–Kier alpha value is -1.38. The summed E-state index contributed by atoms with van der Waals surface area (Å²) in [7, 11) is 0. The number of nitrogens with two attached hydrogens (primary N) is 1. The molecule has 1 aliphatic rings. The summed E-state index contributed by atoms with van der Waals surface area (Å²) < 4.78 is 5.42. The molecule has 2 N–H and O–H groups in total. The van der Waals surface area contributed by atoms with Gasteiger partial charge in [0.25, 0.3) is 0 Å². The van der Waals surface area contributed by atoms with Gasteiger partial charge < -0.3 is 10.5 Å². The van der Waals surface area contributed by atoms with Gasteiger partial charge in [0.15, 0.2) is 0 Å². The highest BCUT2D eigenvalue weighted by molar-refractivity contribution is 5.85. The van der Waals surface area contributed by atoms with Crippen molar-refractivity contribution in [2.75, 3.05) is 13.2 Å². The van der Waals surface area contributed by atoms with Crippen molar-refractivity contribution in [3.8, 4) is 0 Å². The second-order valence-electron chi connectivity index (χ2n) is 4.98. The average Bonchev–Trinajstić information content (AvgIpc) is 2.76. The van der Waals surface area contributed by atoms with Crippen LogP contribution in [0.25, 0.3) is 10.8 Å². The molecule has 1 heterocycles. The molecule has 0 aromatic heterocycles. The molecule has 2 aromatic rings. The summed E-state index contributed by atoms with van der Waals surface area (Å²) in [6.45, 7) is 1.47. The van der Waals surface area contributed by atoms with Crippen molar-refractivity contribution in [2.45, 2.75) is 18.4 Å². The van der Waals surface area contributed by atoms with Crippen LogP contribution in [-0.4, -0.2) is 18.8 Å². The molecule has 0 aliphatic carbocycles. The number of hydrogen-bond donors (Lipinski definition) is 1. The minimum atomic E-state index is -0.176. The van der Waals surface area contributed by atoms with Crippen LogP contribution in [0.3, 0.4) is 0 Å². The van der Waals surface area contributed by atoms with Crippen LogP contribution in [0.1, 0.15) is 12.0 Å². The predicted octanol–water partition coefficient (Wildman–Crippen LogP) is 2.50. The van der Waals surface area contributed by atoms with Crippen molar-refractivity contribution in [1.29, 1.82) is 0 Å². The van der Waals surface area contributed by atoms with Crippen molar-refractivity contribution < 1.29 is 4.74 Å². The topological polar surface area (TPSA) is 35.2 Å². The molecule has 1 unspecified atom stereocenters. The fourth-order valence-electron chi connectivity index (χ4n) is 2.59. The van der Waals surface area contributed by atoms with Crippen molar-refractivity contribution in [3.63, 3.8) is 0 Å². The van der Waals surface area contributed by atoms with Gasteiger partial charge in [-0.25, -0.2) is 0 Å². The molecule has 0 bridgehead atoms. The molecule has 1 saturated heterocycles. The van der Waals surface area contributed by atoms with Crippen molar-refractivity contribution in [1.82, 2.24) is 0 Å². The van der Waals surface area contributed by atoms with Crippen molar-refractivity contribution in [2.24, 2.45) is 5.73 Å². The van der Waals surface area contributed by atoms with E-state index < -0.39 is 0 Å². The maximum absolute atomic E-state index is 6.36. The standard InChI is InChI=1S/C15H17NO/c16-15(8-9-17-11-15)10-13-6-3-5-12-4-1-2-7-14(12)13/h1-7H,8-11,16H2. The molecule has 88 valence electrons. The Kier molecular flexibility index (Phi) is 2.61. The molecule has 2 aromatic carbocycles. The Morgan fingerprint density at radius 2 is 1.94 bits per heavy atom. The zero-order valence-corrected chi connectivity index (χ0v) is 9.86. The van der Waals surface area contributed by atoms with E-state index in [9.17, 15) is 0 Å². The van der Waals surface area contributed by atoms with Crippen molar-refractivity contribution >= 4 is 10.8 Å². The van der Waals surface area contributed by atoms with Crippen LogP contribution in [0.5, 0.6) is 0 Å². The van der Waals surface area contributed by atoms with E-state index in [0.717, 1.165) is 19.4 Å². The first-order valence-electron chi connectivity index (χ1n) is 6.10. The molecule has 3 rings (SSSR count). The van der Waals surface area contributed by atoms with Gasteiger partial charge in [-0.15, -0.1) is 0 Å². The highest BCUT2D eigenvalue weighted by Crippen LogP contribution is 2.25. The molecule has 1 atom stereocenters. The lowest BCUT2D eigenvalue weighted by molar-refractivity contribution is 0.178. The van der Waals surface area contributed by atoms with E-state index in [4.69, 9.17) is 10.5 Å². The van der Waals surface area contributed by atoms with Crippen molar-refractivity contribution in [3.05, 3.63) is 48.0 Å². The third kappa shape index (κ3) is 2.06. The minimum absolute atomic E-state index is 0.176. The van der Waals surface area contributed by atoms with E-state index in [1.807, 2.05) is 0 Å². The largest absolute Gasteiger partial charge is 0.379 e. The van der Waals surface area contributed by atoms with Gasteiger partial charge in [-0.05, 0) is 29.2 Å². The Labute approximate surface area is 101 Å². The summed E-state index contributed by atoms with van der Waals surface area (Å²) in [6.07, 6.45) is 1.85. The fraction of sp³-hybridized carbons (Fsp3) is 0.333. The van der Waals surface area contributed by atoms with Crippen LogP contribution < -0.4 is 5.73 Å². The lowest BCUT2D eigenvalue weighted by Gasteiger charge is -2.22. The third-order valence-electron chi connectivity index (χ3n) is 3.56. The first-order valence-corrected chi connectivity index (χ1v) is 6.10. The summed E-state index contributed by atoms with van der Waals surface area (Å²) in [6, 6.07) is 14.9. The van der Waals surface area contributed by atoms with Gasteiger partial charge in [-0.1, -0.05) is 42.5 Å². The smallest absolute Gasteiger partial charge is 0.0650 e. The summed E-state index contributed by atoms with van der Waals surface area (Å²) in [5, 5.41) is 2.60. The fourth-order valence-corrected chi connectivity index (χ4v) is 2.59. The predicted molar refractivity (Wildman–Crippen MR) is 70.0 cm³/mol. The number of rotatable bonds is 2. The lowest BCUT2D eigenvalue weighted by Crippen LogP contribution is -2.42. The maximum atomic E-state index is 6.36. The number of benzene rings is 2. The van der Waals surface area contributed by atoms with E-state index in [-0.39, 0.29) is 5.54 Å². The first-order chi connectivity index (χ1) is 8.27. The molecule has 0 amide bonds. The maximum Gasteiger partial charge on any atom is 0.0650 e. The summed E-state index contributed by atoms with van der Waals surface area (Å²) >= 11 is 0. The molecule has 0 spiro atoms. The summed E-state index contributed by atoms with van der Waals surface area (Å²) in [5.41, 5.74) is 7.51. The zero-order chi connectivity index (χ0) is 11.7.